The average Bonchev–Trinajstić information content (AvgIpc) is 2.95. The molecule has 6 heteroatoms. The first-order valence-electron chi connectivity index (χ1n) is 8.83. The van der Waals surface area contributed by atoms with Gasteiger partial charge in [0.05, 0.1) is 6.20 Å². The Morgan fingerprint density at radius 1 is 1.08 bits per heavy atom. The van der Waals surface area contributed by atoms with Gasteiger partial charge in [0, 0.05) is 49.3 Å². The number of rotatable bonds is 3. The Labute approximate surface area is 141 Å². The zero-order valence-corrected chi connectivity index (χ0v) is 14.1. The number of carbonyl (C=O) groups is 1. The zero-order valence-electron chi connectivity index (χ0n) is 14.1. The van der Waals surface area contributed by atoms with Gasteiger partial charge in [0.25, 0.3) is 5.91 Å². The first kappa shape index (κ1) is 15.3. The summed E-state index contributed by atoms with van der Waals surface area (Å²) < 4.78 is 2.44. The fourth-order valence-corrected chi connectivity index (χ4v) is 3.81. The van der Waals surface area contributed by atoms with Crippen LogP contribution in [0.1, 0.15) is 66.1 Å². The molecule has 0 radical (unpaired) electrons. The molecule has 2 aromatic heterocycles. The van der Waals surface area contributed by atoms with Crippen molar-refractivity contribution in [1.82, 2.24) is 24.4 Å². The Hall–Kier alpha value is -2.24. The molecule has 1 saturated heterocycles. The van der Waals surface area contributed by atoms with E-state index >= 15 is 0 Å². The second kappa shape index (κ2) is 6.34. The lowest BCUT2D eigenvalue weighted by atomic mass is 9.84. The summed E-state index contributed by atoms with van der Waals surface area (Å²) in [5.41, 5.74) is 1.68. The van der Waals surface area contributed by atoms with Crippen molar-refractivity contribution in [3.05, 3.63) is 42.0 Å². The maximum absolute atomic E-state index is 12.5. The Morgan fingerprint density at radius 3 is 2.50 bits per heavy atom. The van der Waals surface area contributed by atoms with Gasteiger partial charge in [0.1, 0.15) is 11.5 Å². The van der Waals surface area contributed by atoms with E-state index in [0.717, 1.165) is 25.9 Å². The van der Waals surface area contributed by atoms with Gasteiger partial charge in [-0.25, -0.2) is 9.97 Å². The first-order valence-corrected chi connectivity index (χ1v) is 8.83. The van der Waals surface area contributed by atoms with Gasteiger partial charge in [-0.2, -0.15) is 0 Å². The molecule has 0 atom stereocenters. The van der Waals surface area contributed by atoms with Gasteiger partial charge >= 0.3 is 0 Å². The minimum atomic E-state index is -0.0110. The number of piperidine rings is 1. The predicted molar refractivity (Wildman–Crippen MR) is 89.8 cm³/mol. The van der Waals surface area contributed by atoms with E-state index in [1.165, 1.54) is 30.8 Å². The average molecular weight is 325 g/mol. The van der Waals surface area contributed by atoms with E-state index in [9.17, 15) is 4.79 Å². The van der Waals surface area contributed by atoms with E-state index < -0.39 is 0 Å². The van der Waals surface area contributed by atoms with Gasteiger partial charge in [0.15, 0.2) is 0 Å². The Bertz CT molecular complexity index is 714. The van der Waals surface area contributed by atoms with Crippen molar-refractivity contribution < 1.29 is 4.79 Å². The van der Waals surface area contributed by atoms with Gasteiger partial charge < -0.3 is 9.47 Å². The maximum atomic E-state index is 12.5. The van der Waals surface area contributed by atoms with Gasteiger partial charge in [0.2, 0.25) is 0 Å². The summed E-state index contributed by atoms with van der Waals surface area (Å²) in [6, 6.07) is 0.453. The second-order valence-electron chi connectivity index (χ2n) is 6.87. The van der Waals surface area contributed by atoms with Gasteiger partial charge in [-0.15, -0.1) is 0 Å². The summed E-state index contributed by atoms with van der Waals surface area (Å²) >= 11 is 0. The van der Waals surface area contributed by atoms with E-state index in [2.05, 4.69) is 26.4 Å². The molecule has 1 aliphatic heterocycles. The molecule has 1 amide bonds. The standard InChI is InChI=1S/C18H23N5O/c1-13-11-21-17(14-3-2-4-14)23(13)15-5-9-22(10-6-15)18(24)16-12-19-7-8-20-16/h7-8,11-12,14-15H,2-6,9-10H2,1H3. The van der Waals surface area contributed by atoms with Crippen LogP contribution in [0.25, 0.3) is 0 Å². The number of amides is 1. The highest BCUT2D eigenvalue weighted by Gasteiger charge is 2.30. The lowest BCUT2D eigenvalue weighted by molar-refractivity contribution is 0.0685. The van der Waals surface area contributed by atoms with E-state index in [1.807, 2.05) is 11.1 Å². The van der Waals surface area contributed by atoms with Gasteiger partial charge in [-0.3, -0.25) is 9.78 Å². The van der Waals surface area contributed by atoms with E-state index in [1.54, 1.807) is 18.6 Å². The van der Waals surface area contributed by atoms with Crippen LogP contribution >= 0.6 is 0 Å². The molecule has 2 fully saturated rings. The zero-order chi connectivity index (χ0) is 16.5. The minimum absolute atomic E-state index is 0.0110. The topological polar surface area (TPSA) is 63.9 Å². The van der Waals surface area contributed by atoms with Crippen LogP contribution < -0.4 is 0 Å². The summed E-state index contributed by atoms with van der Waals surface area (Å²) in [6.45, 7) is 3.68. The first-order chi connectivity index (χ1) is 11.7. The monoisotopic (exact) mass is 325 g/mol. The number of nitrogens with zero attached hydrogens (tertiary/aromatic N) is 5. The van der Waals surface area contributed by atoms with Crippen molar-refractivity contribution in [3.8, 4) is 0 Å². The highest BCUT2D eigenvalue weighted by Crippen LogP contribution is 2.38. The van der Waals surface area contributed by atoms with Crippen molar-refractivity contribution in [2.24, 2.45) is 0 Å². The molecule has 4 rings (SSSR count). The number of imidazole rings is 1. The molecule has 0 unspecified atom stereocenters. The molecular formula is C18H23N5O. The number of aryl methyl sites for hydroxylation is 1. The lowest BCUT2D eigenvalue weighted by Gasteiger charge is -2.35. The third kappa shape index (κ3) is 2.70. The van der Waals surface area contributed by atoms with Crippen LogP contribution in [0.5, 0.6) is 0 Å². The third-order valence-electron chi connectivity index (χ3n) is 5.38. The molecule has 24 heavy (non-hydrogen) atoms. The molecule has 1 aliphatic carbocycles. The van der Waals surface area contributed by atoms with Gasteiger partial charge in [-0.1, -0.05) is 6.42 Å². The second-order valence-corrected chi connectivity index (χ2v) is 6.87. The fourth-order valence-electron chi connectivity index (χ4n) is 3.81. The van der Waals surface area contributed by atoms with E-state index in [-0.39, 0.29) is 5.91 Å². The predicted octanol–water partition coefficient (Wildman–Crippen LogP) is 2.73. The Morgan fingerprint density at radius 2 is 1.88 bits per heavy atom. The summed E-state index contributed by atoms with van der Waals surface area (Å²) in [4.78, 5) is 27.2. The lowest BCUT2D eigenvalue weighted by Crippen LogP contribution is -2.40. The summed E-state index contributed by atoms with van der Waals surface area (Å²) in [5.74, 6) is 1.89. The number of likely N-dealkylation sites (tertiary alicyclic amines) is 1. The van der Waals surface area contributed by atoms with Crippen LogP contribution in [-0.2, 0) is 0 Å². The van der Waals surface area contributed by atoms with Crippen LogP contribution in [0.15, 0.2) is 24.8 Å². The minimum Gasteiger partial charge on any atom is -0.337 e. The van der Waals surface area contributed by atoms with E-state index in [0.29, 0.717) is 17.7 Å². The smallest absolute Gasteiger partial charge is 0.274 e. The number of hydrogen-bond acceptors (Lipinski definition) is 4. The van der Waals surface area contributed by atoms with Crippen LogP contribution in [0, 0.1) is 6.92 Å². The van der Waals surface area contributed by atoms with Crippen molar-refractivity contribution in [2.75, 3.05) is 13.1 Å². The number of hydrogen-bond donors (Lipinski definition) is 0. The molecule has 0 aromatic carbocycles. The Kier molecular flexibility index (Phi) is 4.04. The third-order valence-corrected chi connectivity index (χ3v) is 5.38. The highest BCUT2D eigenvalue weighted by molar-refractivity contribution is 5.92. The molecule has 2 aromatic rings. The highest BCUT2D eigenvalue weighted by atomic mass is 16.2. The molecule has 0 bridgehead atoms. The SMILES string of the molecule is Cc1cnc(C2CCC2)n1C1CCN(C(=O)c2cnccn2)CC1. The molecule has 0 N–H and O–H groups in total. The molecule has 6 nitrogen and oxygen atoms in total. The Balaban J connectivity index is 1.45. The van der Waals surface area contributed by atoms with Crippen molar-refractivity contribution in [1.29, 1.82) is 0 Å². The number of carbonyl (C=O) groups excluding carboxylic acids is 1. The van der Waals surface area contributed by atoms with Crippen molar-refractivity contribution in [3.63, 3.8) is 0 Å². The van der Waals surface area contributed by atoms with Crippen molar-refractivity contribution >= 4 is 5.91 Å². The van der Waals surface area contributed by atoms with Crippen LogP contribution in [0.4, 0.5) is 0 Å². The quantitative estimate of drug-likeness (QED) is 0.870. The number of aromatic nitrogens is 4. The van der Waals surface area contributed by atoms with Crippen molar-refractivity contribution in [2.45, 2.75) is 51.0 Å². The van der Waals surface area contributed by atoms with E-state index in [4.69, 9.17) is 0 Å². The van der Waals surface area contributed by atoms with Crippen LogP contribution in [0.2, 0.25) is 0 Å². The summed E-state index contributed by atoms with van der Waals surface area (Å²) in [7, 11) is 0. The molecule has 1 saturated carbocycles. The molecule has 126 valence electrons. The maximum Gasteiger partial charge on any atom is 0.274 e. The summed E-state index contributed by atoms with van der Waals surface area (Å²) in [5, 5.41) is 0. The molecule has 2 aliphatic rings. The normalized spacial score (nSPS) is 19.3. The molecule has 3 heterocycles. The van der Waals surface area contributed by atoms with Crippen LogP contribution in [0.3, 0.4) is 0 Å². The summed E-state index contributed by atoms with van der Waals surface area (Å²) in [6.07, 6.45) is 12.5. The molecule has 0 spiro atoms. The van der Waals surface area contributed by atoms with Gasteiger partial charge in [-0.05, 0) is 32.6 Å². The largest absolute Gasteiger partial charge is 0.337 e. The molecular weight excluding hydrogens is 302 g/mol. The van der Waals surface area contributed by atoms with Crippen LogP contribution in [-0.4, -0.2) is 43.4 Å². The fraction of sp³-hybridized carbons (Fsp3) is 0.556.